The van der Waals surface area contributed by atoms with Crippen LogP contribution in [0.2, 0.25) is 0 Å². The molecule has 0 spiro atoms. The van der Waals surface area contributed by atoms with E-state index in [1.54, 1.807) is 30.6 Å². The molecule has 1 aliphatic rings. The van der Waals surface area contributed by atoms with Crippen LogP contribution >= 0.6 is 0 Å². The van der Waals surface area contributed by atoms with Crippen molar-refractivity contribution in [1.29, 1.82) is 0 Å². The Balaban J connectivity index is 1.55. The zero-order valence-electron chi connectivity index (χ0n) is 17.1. The standard InChI is InChI=1S/C23H25FN4O2/c1-15(2)30-21-10-9-17(13-25-21)23(29)28-11-4-3-8-20(28)22-26-14-19(27-22)16-6-5-7-18(24)12-16/h5-7,9-10,12-15,20H,3-4,8,11H2,1-2H3,(H,26,27)/t20-/m0/s1. The molecule has 1 atom stereocenters. The van der Waals surface area contributed by atoms with Crippen LogP contribution < -0.4 is 4.74 Å². The number of rotatable bonds is 5. The van der Waals surface area contributed by atoms with Gasteiger partial charge in [-0.2, -0.15) is 0 Å². The number of H-pyrrole nitrogens is 1. The van der Waals surface area contributed by atoms with Crippen molar-refractivity contribution in [2.45, 2.75) is 45.3 Å². The number of piperidine rings is 1. The van der Waals surface area contributed by atoms with E-state index in [0.29, 0.717) is 18.0 Å². The zero-order chi connectivity index (χ0) is 21.1. The zero-order valence-corrected chi connectivity index (χ0v) is 17.1. The number of aromatic nitrogens is 3. The van der Waals surface area contributed by atoms with Crippen LogP contribution in [0, 0.1) is 5.82 Å². The van der Waals surface area contributed by atoms with Gasteiger partial charge in [-0.05, 0) is 51.3 Å². The number of carbonyl (C=O) groups excluding carboxylic acids is 1. The topological polar surface area (TPSA) is 71.1 Å². The van der Waals surface area contributed by atoms with Gasteiger partial charge in [0, 0.05) is 24.4 Å². The molecule has 3 aromatic rings. The number of ether oxygens (including phenoxy) is 1. The molecule has 1 aromatic carbocycles. The van der Waals surface area contributed by atoms with Crippen molar-refractivity contribution in [3.63, 3.8) is 0 Å². The lowest BCUT2D eigenvalue weighted by Gasteiger charge is -2.34. The summed E-state index contributed by atoms with van der Waals surface area (Å²) in [5.41, 5.74) is 1.99. The molecule has 3 heterocycles. The van der Waals surface area contributed by atoms with Gasteiger partial charge in [0.05, 0.1) is 29.6 Å². The van der Waals surface area contributed by atoms with Crippen LogP contribution in [0.25, 0.3) is 11.3 Å². The summed E-state index contributed by atoms with van der Waals surface area (Å²) in [6, 6.07) is 9.69. The fraction of sp³-hybridized carbons (Fsp3) is 0.348. The molecule has 30 heavy (non-hydrogen) atoms. The first kappa shape index (κ1) is 20.1. The second-order valence-corrected chi connectivity index (χ2v) is 7.75. The molecule has 4 rings (SSSR count). The van der Waals surface area contributed by atoms with Crippen LogP contribution in [0.5, 0.6) is 5.88 Å². The average Bonchev–Trinajstić information content (AvgIpc) is 3.24. The van der Waals surface area contributed by atoms with Gasteiger partial charge in [0.1, 0.15) is 11.6 Å². The smallest absolute Gasteiger partial charge is 0.256 e. The summed E-state index contributed by atoms with van der Waals surface area (Å²) in [7, 11) is 0. The summed E-state index contributed by atoms with van der Waals surface area (Å²) in [6.07, 6.45) is 6.07. The molecule has 7 heteroatoms. The normalized spacial score (nSPS) is 16.7. The molecule has 1 aliphatic heterocycles. The number of aromatic amines is 1. The molecule has 1 saturated heterocycles. The van der Waals surface area contributed by atoms with Gasteiger partial charge in [-0.15, -0.1) is 0 Å². The Bertz CT molecular complexity index is 1020. The molecule has 0 saturated carbocycles. The van der Waals surface area contributed by atoms with Crippen LogP contribution in [0.3, 0.4) is 0 Å². The van der Waals surface area contributed by atoms with E-state index >= 15 is 0 Å². The van der Waals surface area contributed by atoms with Crippen molar-refractivity contribution in [2.24, 2.45) is 0 Å². The summed E-state index contributed by atoms with van der Waals surface area (Å²) in [4.78, 5) is 27.1. The third-order valence-electron chi connectivity index (χ3n) is 5.15. The maximum absolute atomic E-state index is 13.6. The highest BCUT2D eigenvalue weighted by molar-refractivity contribution is 5.94. The third-order valence-corrected chi connectivity index (χ3v) is 5.15. The number of nitrogens with zero attached hydrogens (tertiary/aromatic N) is 3. The van der Waals surface area contributed by atoms with E-state index in [2.05, 4.69) is 15.0 Å². The number of likely N-dealkylation sites (tertiary alicyclic amines) is 1. The summed E-state index contributed by atoms with van der Waals surface area (Å²) in [5.74, 6) is 0.847. The highest BCUT2D eigenvalue weighted by Gasteiger charge is 2.31. The lowest BCUT2D eigenvalue weighted by atomic mass is 10.0. The maximum Gasteiger partial charge on any atom is 0.256 e. The Morgan fingerprint density at radius 2 is 2.07 bits per heavy atom. The molecule has 1 N–H and O–H groups in total. The summed E-state index contributed by atoms with van der Waals surface area (Å²) in [5, 5.41) is 0. The number of pyridine rings is 1. The summed E-state index contributed by atoms with van der Waals surface area (Å²) < 4.78 is 19.1. The quantitative estimate of drug-likeness (QED) is 0.660. The highest BCUT2D eigenvalue weighted by Crippen LogP contribution is 2.32. The van der Waals surface area contributed by atoms with E-state index < -0.39 is 0 Å². The molecular weight excluding hydrogens is 383 g/mol. The first-order valence-electron chi connectivity index (χ1n) is 10.3. The van der Waals surface area contributed by atoms with E-state index in [1.165, 1.54) is 12.1 Å². The lowest BCUT2D eigenvalue weighted by molar-refractivity contribution is 0.0600. The Morgan fingerprint density at radius 1 is 1.20 bits per heavy atom. The molecule has 1 fully saturated rings. The molecule has 6 nitrogen and oxygen atoms in total. The Kier molecular flexibility index (Phi) is 5.79. The number of carbonyl (C=O) groups is 1. The van der Waals surface area contributed by atoms with Crippen LogP contribution in [-0.2, 0) is 0 Å². The van der Waals surface area contributed by atoms with Gasteiger partial charge in [-0.3, -0.25) is 4.79 Å². The highest BCUT2D eigenvalue weighted by atomic mass is 19.1. The molecule has 0 radical (unpaired) electrons. The minimum absolute atomic E-state index is 0.0248. The van der Waals surface area contributed by atoms with E-state index in [4.69, 9.17) is 4.74 Å². The number of hydrogen-bond donors (Lipinski definition) is 1. The Labute approximate surface area is 175 Å². The second kappa shape index (κ2) is 8.65. The Hall–Kier alpha value is -3.22. The number of amides is 1. The largest absolute Gasteiger partial charge is 0.475 e. The summed E-state index contributed by atoms with van der Waals surface area (Å²) in [6.45, 7) is 4.52. The molecule has 0 aliphatic carbocycles. The van der Waals surface area contributed by atoms with Gasteiger partial charge in [0.25, 0.3) is 5.91 Å². The third kappa shape index (κ3) is 4.35. The fourth-order valence-corrected chi connectivity index (χ4v) is 3.75. The van der Waals surface area contributed by atoms with Crippen LogP contribution in [0.15, 0.2) is 48.8 Å². The number of hydrogen-bond acceptors (Lipinski definition) is 4. The summed E-state index contributed by atoms with van der Waals surface area (Å²) >= 11 is 0. The van der Waals surface area contributed by atoms with Crippen molar-refractivity contribution in [2.75, 3.05) is 6.54 Å². The van der Waals surface area contributed by atoms with Crippen LogP contribution in [0.1, 0.15) is 55.3 Å². The minimum atomic E-state index is -0.296. The minimum Gasteiger partial charge on any atom is -0.475 e. The SMILES string of the molecule is CC(C)Oc1ccc(C(=O)N2CCCC[C@H]2c2ncc(-c3cccc(F)c3)[nH]2)cn1. The average molecular weight is 408 g/mol. The molecule has 0 bridgehead atoms. The van der Waals surface area contributed by atoms with Crippen LogP contribution in [0.4, 0.5) is 4.39 Å². The fourth-order valence-electron chi connectivity index (χ4n) is 3.75. The number of nitrogens with one attached hydrogen (secondary N) is 1. The molecule has 2 aromatic heterocycles. The Morgan fingerprint density at radius 3 is 2.80 bits per heavy atom. The van der Waals surface area contributed by atoms with Crippen molar-refractivity contribution in [3.8, 4) is 17.1 Å². The monoisotopic (exact) mass is 408 g/mol. The molecule has 156 valence electrons. The van der Waals surface area contributed by atoms with Crippen molar-refractivity contribution < 1.29 is 13.9 Å². The van der Waals surface area contributed by atoms with E-state index in [-0.39, 0.29) is 23.9 Å². The molecule has 1 amide bonds. The number of benzene rings is 1. The lowest BCUT2D eigenvalue weighted by Crippen LogP contribution is -2.39. The van der Waals surface area contributed by atoms with E-state index in [0.717, 1.165) is 36.3 Å². The second-order valence-electron chi connectivity index (χ2n) is 7.75. The first-order chi connectivity index (χ1) is 14.5. The predicted octanol–water partition coefficient (Wildman–Crippen LogP) is 4.77. The molecular formula is C23H25FN4O2. The van der Waals surface area contributed by atoms with Gasteiger partial charge >= 0.3 is 0 Å². The molecule has 0 unspecified atom stereocenters. The number of imidazole rings is 1. The van der Waals surface area contributed by atoms with Gasteiger partial charge in [0.15, 0.2) is 0 Å². The van der Waals surface area contributed by atoms with E-state index in [1.807, 2.05) is 24.8 Å². The van der Waals surface area contributed by atoms with Gasteiger partial charge in [0.2, 0.25) is 5.88 Å². The first-order valence-corrected chi connectivity index (χ1v) is 10.3. The van der Waals surface area contributed by atoms with Gasteiger partial charge in [-0.1, -0.05) is 12.1 Å². The number of halogens is 1. The van der Waals surface area contributed by atoms with Crippen LogP contribution in [-0.4, -0.2) is 38.4 Å². The van der Waals surface area contributed by atoms with Crippen molar-refractivity contribution >= 4 is 5.91 Å². The predicted molar refractivity (Wildman–Crippen MR) is 112 cm³/mol. The van der Waals surface area contributed by atoms with E-state index in [9.17, 15) is 9.18 Å². The van der Waals surface area contributed by atoms with Gasteiger partial charge < -0.3 is 14.6 Å². The maximum atomic E-state index is 13.6. The van der Waals surface area contributed by atoms with Crippen molar-refractivity contribution in [3.05, 3.63) is 66.0 Å². The van der Waals surface area contributed by atoms with Gasteiger partial charge in [-0.25, -0.2) is 14.4 Å². The van der Waals surface area contributed by atoms with Crippen molar-refractivity contribution in [1.82, 2.24) is 19.9 Å².